The van der Waals surface area contributed by atoms with E-state index in [1.54, 1.807) is 38.1 Å². The fourth-order valence-electron chi connectivity index (χ4n) is 3.40. The average Bonchev–Trinajstić information content (AvgIpc) is 2.86. The third-order valence-electron chi connectivity index (χ3n) is 4.74. The predicted octanol–water partition coefficient (Wildman–Crippen LogP) is 1.93. The molecule has 0 spiro atoms. The van der Waals surface area contributed by atoms with Gasteiger partial charge in [0.15, 0.2) is 5.78 Å². The van der Waals surface area contributed by atoms with Crippen molar-refractivity contribution in [3.8, 4) is 0 Å². The van der Waals surface area contributed by atoms with Gasteiger partial charge in [0.2, 0.25) is 11.8 Å². The molecule has 7 nitrogen and oxygen atoms in total. The summed E-state index contributed by atoms with van der Waals surface area (Å²) in [6.07, 6.45) is -0.0342. The third kappa shape index (κ3) is 3.68. The number of nitrogens with zero attached hydrogens (tertiary/aromatic N) is 1. The summed E-state index contributed by atoms with van der Waals surface area (Å²) >= 11 is 7.14. The number of hydrogen-bond donors (Lipinski definition) is 2. The number of carboxylic acid groups (broad SMARTS) is 1. The second-order valence-electron chi connectivity index (χ2n) is 7.07. The summed E-state index contributed by atoms with van der Waals surface area (Å²) in [4.78, 5) is 49.4. The Bertz CT molecular complexity index is 810. The van der Waals surface area contributed by atoms with Crippen molar-refractivity contribution in [3.63, 3.8) is 0 Å². The van der Waals surface area contributed by atoms with E-state index in [-0.39, 0.29) is 18.6 Å². The zero-order valence-electron chi connectivity index (χ0n) is 14.8. The van der Waals surface area contributed by atoms with Crippen LogP contribution in [0.1, 0.15) is 37.0 Å². The molecule has 0 saturated carbocycles. The third-order valence-corrected chi connectivity index (χ3v) is 6.56. The SMILES string of the molecule is CC1(C)S[C@@H]2[C@H](NC(=O)CCC(=O)c3ccc(Cl)cc3)C(=O)N2[C@H]1C(=O)O. The average molecular weight is 411 g/mol. The van der Waals surface area contributed by atoms with Crippen LogP contribution in [0.3, 0.4) is 0 Å². The molecule has 1 aromatic rings. The lowest BCUT2D eigenvalue weighted by atomic mass is 9.96. The second-order valence-corrected chi connectivity index (χ2v) is 9.28. The van der Waals surface area contributed by atoms with Gasteiger partial charge < -0.3 is 15.3 Å². The quantitative estimate of drug-likeness (QED) is 0.548. The first-order valence-corrected chi connectivity index (χ1v) is 9.68. The number of halogens is 1. The lowest BCUT2D eigenvalue weighted by Crippen LogP contribution is -2.70. The van der Waals surface area contributed by atoms with E-state index in [1.165, 1.54) is 16.7 Å². The van der Waals surface area contributed by atoms with Crippen LogP contribution in [0.2, 0.25) is 5.02 Å². The Morgan fingerprint density at radius 1 is 1.22 bits per heavy atom. The van der Waals surface area contributed by atoms with E-state index in [0.717, 1.165) is 0 Å². The molecule has 2 heterocycles. The van der Waals surface area contributed by atoms with Crippen LogP contribution in [0.4, 0.5) is 0 Å². The first kappa shape index (κ1) is 19.7. The largest absolute Gasteiger partial charge is 0.480 e. The number of fused-ring (bicyclic) bond motifs is 1. The van der Waals surface area contributed by atoms with E-state index >= 15 is 0 Å². The summed E-state index contributed by atoms with van der Waals surface area (Å²) in [6, 6.07) is 4.73. The van der Waals surface area contributed by atoms with Crippen molar-refractivity contribution in [3.05, 3.63) is 34.9 Å². The summed E-state index contributed by atoms with van der Waals surface area (Å²) in [5.74, 6) is -2.05. The summed E-state index contributed by atoms with van der Waals surface area (Å²) in [5, 5.41) is 12.1. The minimum atomic E-state index is -1.05. The molecule has 2 fully saturated rings. The van der Waals surface area contributed by atoms with E-state index in [2.05, 4.69) is 5.32 Å². The highest BCUT2D eigenvalue weighted by Crippen LogP contribution is 2.50. The van der Waals surface area contributed by atoms with Crippen LogP contribution in [0.25, 0.3) is 0 Å². The number of aliphatic carboxylic acids is 1. The number of thioether (sulfide) groups is 1. The fourth-order valence-corrected chi connectivity index (χ4v) is 5.15. The number of carbonyl (C=O) groups excluding carboxylic acids is 3. The molecular weight excluding hydrogens is 392 g/mol. The van der Waals surface area contributed by atoms with E-state index < -0.39 is 40.0 Å². The zero-order valence-corrected chi connectivity index (χ0v) is 16.3. The minimum Gasteiger partial charge on any atom is -0.480 e. The minimum absolute atomic E-state index is 0.0130. The number of benzene rings is 1. The summed E-state index contributed by atoms with van der Waals surface area (Å²) in [7, 11) is 0. The molecule has 2 N–H and O–H groups in total. The Balaban J connectivity index is 1.55. The van der Waals surface area contributed by atoms with Crippen LogP contribution >= 0.6 is 23.4 Å². The number of Topliss-reactive ketones (excluding diaryl/α,β-unsaturated/α-hetero) is 1. The first-order valence-electron chi connectivity index (χ1n) is 8.43. The van der Waals surface area contributed by atoms with Crippen molar-refractivity contribution < 1.29 is 24.3 Å². The van der Waals surface area contributed by atoms with E-state index in [1.807, 2.05) is 0 Å². The molecule has 144 valence electrons. The number of β-lactam (4-membered cyclic amide) rings is 1. The molecule has 0 aromatic heterocycles. The van der Waals surface area contributed by atoms with Crippen molar-refractivity contribution in [2.45, 2.75) is 48.9 Å². The molecule has 27 heavy (non-hydrogen) atoms. The van der Waals surface area contributed by atoms with E-state index in [9.17, 15) is 24.3 Å². The fraction of sp³-hybridized carbons (Fsp3) is 0.444. The standard InChI is InChI=1S/C18H19ClN2O5S/c1-18(2)14(17(25)26)21-15(24)13(16(21)27-18)20-12(23)8-7-11(22)9-3-5-10(19)6-4-9/h3-6,13-14,16H,7-8H2,1-2H3,(H,20,23)(H,25,26)/t13-,14+,16-/m1/s1. The number of carbonyl (C=O) groups is 4. The molecule has 2 aliphatic heterocycles. The maximum atomic E-state index is 12.3. The highest BCUT2D eigenvalue weighted by Gasteiger charge is 2.64. The summed E-state index contributed by atoms with van der Waals surface area (Å²) in [5.41, 5.74) is 0.468. The van der Waals surface area contributed by atoms with Gasteiger partial charge in [-0.15, -0.1) is 11.8 Å². The van der Waals surface area contributed by atoms with E-state index in [4.69, 9.17) is 11.6 Å². The van der Waals surface area contributed by atoms with Crippen molar-refractivity contribution >= 4 is 46.9 Å². The first-order chi connectivity index (χ1) is 12.6. The van der Waals surface area contributed by atoms with Gasteiger partial charge in [-0.2, -0.15) is 0 Å². The lowest BCUT2D eigenvalue weighted by Gasteiger charge is -2.43. The number of rotatable bonds is 6. The molecule has 2 aliphatic rings. The maximum Gasteiger partial charge on any atom is 0.327 e. The van der Waals surface area contributed by atoms with Crippen molar-refractivity contribution in [2.24, 2.45) is 0 Å². The van der Waals surface area contributed by atoms with Gasteiger partial charge in [0.1, 0.15) is 17.5 Å². The lowest BCUT2D eigenvalue weighted by molar-refractivity contribution is -0.161. The van der Waals surface area contributed by atoms with Gasteiger partial charge in [0, 0.05) is 28.2 Å². The van der Waals surface area contributed by atoms with Crippen LogP contribution < -0.4 is 5.32 Å². The number of ketones is 1. The molecule has 0 bridgehead atoms. The van der Waals surface area contributed by atoms with Gasteiger partial charge in [0.25, 0.3) is 0 Å². The van der Waals surface area contributed by atoms with E-state index in [0.29, 0.717) is 10.6 Å². The van der Waals surface area contributed by atoms with Gasteiger partial charge in [0.05, 0.1) is 0 Å². The highest BCUT2D eigenvalue weighted by molar-refractivity contribution is 8.01. The monoisotopic (exact) mass is 410 g/mol. The zero-order chi connectivity index (χ0) is 19.9. The molecule has 0 radical (unpaired) electrons. The van der Waals surface area contributed by atoms with Crippen LogP contribution in [-0.4, -0.2) is 55.8 Å². The number of amides is 2. The molecule has 0 unspecified atom stereocenters. The highest BCUT2D eigenvalue weighted by atomic mass is 35.5. The van der Waals surface area contributed by atoms with Crippen molar-refractivity contribution in [2.75, 3.05) is 0 Å². The molecule has 2 amide bonds. The Morgan fingerprint density at radius 3 is 2.44 bits per heavy atom. The van der Waals surface area contributed by atoms with Crippen LogP contribution in [0, 0.1) is 0 Å². The molecule has 3 rings (SSSR count). The van der Waals surface area contributed by atoms with Crippen LogP contribution in [-0.2, 0) is 14.4 Å². The van der Waals surface area contributed by atoms with Gasteiger partial charge in [-0.1, -0.05) is 11.6 Å². The molecular formula is C18H19ClN2O5S. The molecule has 2 saturated heterocycles. The van der Waals surface area contributed by atoms with Crippen LogP contribution in [0.5, 0.6) is 0 Å². The summed E-state index contributed by atoms with van der Waals surface area (Å²) in [6.45, 7) is 3.54. The van der Waals surface area contributed by atoms with Crippen molar-refractivity contribution in [1.29, 1.82) is 0 Å². The Labute approximate surface area is 165 Å². The second kappa shape index (κ2) is 7.16. The Morgan fingerprint density at radius 2 is 1.85 bits per heavy atom. The number of carboxylic acids is 1. The van der Waals surface area contributed by atoms with Crippen molar-refractivity contribution in [1.82, 2.24) is 10.2 Å². The smallest absolute Gasteiger partial charge is 0.327 e. The predicted molar refractivity (Wildman–Crippen MR) is 101 cm³/mol. The molecule has 3 atom stereocenters. The number of nitrogens with one attached hydrogen (secondary N) is 1. The molecule has 0 aliphatic carbocycles. The van der Waals surface area contributed by atoms with Gasteiger partial charge in [-0.25, -0.2) is 4.79 Å². The molecule has 9 heteroatoms. The topological polar surface area (TPSA) is 104 Å². The van der Waals surface area contributed by atoms with Gasteiger partial charge >= 0.3 is 5.97 Å². The van der Waals surface area contributed by atoms with Gasteiger partial charge in [-0.05, 0) is 38.1 Å². The Kier molecular flexibility index (Phi) is 5.22. The Hall–Kier alpha value is -2.06. The van der Waals surface area contributed by atoms with Gasteiger partial charge in [-0.3, -0.25) is 14.4 Å². The normalized spacial score (nSPS) is 25.5. The summed E-state index contributed by atoms with van der Waals surface area (Å²) < 4.78 is -0.643. The molecule has 1 aromatic carbocycles. The number of hydrogen-bond acceptors (Lipinski definition) is 5. The van der Waals surface area contributed by atoms with Crippen LogP contribution in [0.15, 0.2) is 24.3 Å². The maximum absolute atomic E-state index is 12.3.